The number of amides is 1. The molecule has 134 valence electrons. The zero-order chi connectivity index (χ0) is 17.8. The maximum absolute atomic E-state index is 11.7. The van der Waals surface area contributed by atoms with Gasteiger partial charge in [-0.25, -0.2) is 0 Å². The first-order valence-corrected chi connectivity index (χ1v) is 9.40. The van der Waals surface area contributed by atoms with E-state index in [2.05, 4.69) is 17.5 Å². The van der Waals surface area contributed by atoms with Gasteiger partial charge in [-0.15, -0.1) is 11.3 Å². The van der Waals surface area contributed by atoms with Gasteiger partial charge in [0.15, 0.2) is 5.76 Å². The van der Waals surface area contributed by atoms with Crippen LogP contribution in [0.3, 0.4) is 0 Å². The van der Waals surface area contributed by atoms with Gasteiger partial charge in [-0.2, -0.15) is 0 Å². The number of benzene rings is 1. The van der Waals surface area contributed by atoms with E-state index in [0.29, 0.717) is 13.0 Å². The largest absolute Gasteiger partial charge is 0.459 e. The lowest BCUT2D eigenvalue weighted by molar-refractivity contribution is -0.165. The number of fused-ring (bicyclic) bond motifs is 1. The molecule has 1 aromatic heterocycles. The zero-order valence-electron chi connectivity index (χ0n) is 14.2. The summed E-state index contributed by atoms with van der Waals surface area (Å²) in [4.78, 5) is 11.7. The van der Waals surface area contributed by atoms with Gasteiger partial charge in [-0.05, 0) is 48.2 Å². The SMILES string of the molecule is CCO[C@@H]1OC(C(N)=O)=C[C@H](c2csc3ccccc23)[C@@H]1CCCO. The Labute approximate surface area is 151 Å². The van der Waals surface area contributed by atoms with Gasteiger partial charge >= 0.3 is 0 Å². The summed E-state index contributed by atoms with van der Waals surface area (Å²) in [6.45, 7) is 2.48. The highest BCUT2D eigenvalue weighted by atomic mass is 32.1. The molecule has 25 heavy (non-hydrogen) atoms. The van der Waals surface area contributed by atoms with Crippen molar-refractivity contribution in [2.24, 2.45) is 11.7 Å². The topological polar surface area (TPSA) is 81.8 Å². The number of primary amides is 1. The average Bonchev–Trinajstić information content (AvgIpc) is 3.04. The summed E-state index contributed by atoms with van der Waals surface area (Å²) in [6, 6.07) is 8.21. The van der Waals surface area contributed by atoms with Crippen molar-refractivity contribution in [1.29, 1.82) is 0 Å². The number of nitrogens with two attached hydrogens (primary N) is 1. The van der Waals surface area contributed by atoms with Gasteiger partial charge in [0.05, 0.1) is 0 Å². The van der Waals surface area contributed by atoms with E-state index in [4.69, 9.17) is 15.2 Å². The summed E-state index contributed by atoms with van der Waals surface area (Å²) in [7, 11) is 0. The number of thiophene rings is 1. The Bertz CT molecular complexity index is 770. The Morgan fingerprint density at radius 1 is 1.40 bits per heavy atom. The van der Waals surface area contributed by atoms with E-state index in [9.17, 15) is 9.90 Å². The van der Waals surface area contributed by atoms with Crippen molar-refractivity contribution in [2.45, 2.75) is 32.0 Å². The fourth-order valence-corrected chi connectivity index (χ4v) is 4.40. The van der Waals surface area contributed by atoms with Crippen LogP contribution in [0, 0.1) is 5.92 Å². The number of carbonyl (C=O) groups is 1. The molecule has 0 unspecified atom stereocenters. The molecule has 0 spiro atoms. The van der Waals surface area contributed by atoms with Gasteiger partial charge in [0, 0.05) is 29.7 Å². The molecule has 1 aromatic carbocycles. The van der Waals surface area contributed by atoms with E-state index in [1.54, 1.807) is 11.3 Å². The van der Waals surface area contributed by atoms with Crippen LogP contribution in [0.4, 0.5) is 0 Å². The van der Waals surface area contributed by atoms with Crippen LogP contribution < -0.4 is 5.73 Å². The predicted molar refractivity (Wildman–Crippen MR) is 98.2 cm³/mol. The van der Waals surface area contributed by atoms with E-state index in [-0.39, 0.29) is 24.2 Å². The van der Waals surface area contributed by atoms with Crippen LogP contribution in [0.2, 0.25) is 0 Å². The Balaban J connectivity index is 2.06. The van der Waals surface area contributed by atoms with Crippen LogP contribution in [0.15, 0.2) is 41.5 Å². The average molecular weight is 361 g/mol. The molecule has 2 aromatic rings. The van der Waals surface area contributed by atoms with Crippen LogP contribution in [0.5, 0.6) is 0 Å². The van der Waals surface area contributed by atoms with Crippen molar-refractivity contribution in [1.82, 2.24) is 0 Å². The van der Waals surface area contributed by atoms with E-state index < -0.39 is 12.2 Å². The van der Waals surface area contributed by atoms with Crippen LogP contribution in [0.1, 0.15) is 31.2 Å². The van der Waals surface area contributed by atoms with Crippen LogP contribution in [-0.2, 0) is 14.3 Å². The van der Waals surface area contributed by atoms with Gasteiger partial charge in [-0.3, -0.25) is 4.79 Å². The second-order valence-electron chi connectivity index (χ2n) is 6.08. The van der Waals surface area contributed by atoms with Crippen LogP contribution >= 0.6 is 11.3 Å². The fraction of sp³-hybridized carbons (Fsp3) is 0.421. The highest BCUT2D eigenvalue weighted by molar-refractivity contribution is 7.17. The Kier molecular flexibility index (Phi) is 5.73. The summed E-state index contributed by atoms with van der Waals surface area (Å²) in [5.74, 6) is -0.475. The highest BCUT2D eigenvalue weighted by Gasteiger charge is 2.38. The first-order chi connectivity index (χ1) is 12.2. The van der Waals surface area contributed by atoms with E-state index >= 15 is 0 Å². The number of hydrogen-bond acceptors (Lipinski definition) is 5. The number of hydrogen-bond donors (Lipinski definition) is 2. The van der Waals surface area contributed by atoms with Crippen molar-refractivity contribution in [3.8, 4) is 0 Å². The summed E-state index contributed by atoms with van der Waals surface area (Å²) < 4.78 is 12.7. The van der Waals surface area contributed by atoms with E-state index in [0.717, 1.165) is 12.0 Å². The summed E-state index contributed by atoms with van der Waals surface area (Å²) in [5, 5.41) is 12.6. The third kappa shape index (κ3) is 3.71. The van der Waals surface area contributed by atoms with Gasteiger partial charge in [0.1, 0.15) is 0 Å². The van der Waals surface area contributed by atoms with Gasteiger partial charge in [0.2, 0.25) is 6.29 Å². The summed E-state index contributed by atoms with van der Waals surface area (Å²) in [5.41, 5.74) is 6.62. The molecule has 1 aliphatic heterocycles. The molecular formula is C19H23NO4S. The fourth-order valence-electron chi connectivity index (χ4n) is 3.39. The first-order valence-electron chi connectivity index (χ1n) is 8.52. The monoisotopic (exact) mass is 361 g/mol. The number of rotatable bonds is 7. The van der Waals surface area contributed by atoms with Crippen molar-refractivity contribution >= 4 is 27.3 Å². The van der Waals surface area contributed by atoms with Crippen molar-refractivity contribution in [2.75, 3.05) is 13.2 Å². The predicted octanol–water partition coefficient (Wildman–Crippen LogP) is 3.14. The standard InChI is InChI=1S/C19H23NO4S/c1-2-23-19-13(7-5-9-21)14(10-16(24-19)18(20)22)15-11-25-17-8-4-3-6-12(15)17/h3-4,6,8,10-11,13-14,19,21H,2,5,7,9H2,1H3,(H2,20,22)/t13-,14-,19+/m0/s1. The minimum absolute atomic E-state index is 0.00760. The smallest absolute Gasteiger partial charge is 0.283 e. The number of aliphatic hydroxyl groups is 1. The van der Waals surface area contributed by atoms with Crippen molar-refractivity contribution in [3.05, 3.63) is 47.0 Å². The molecule has 0 saturated carbocycles. The molecule has 0 bridgehead atoms. The molecular weight excluding hydrogens is 338 g/mol. The third-order valence-electron chi connectivity index (χ3n) is 4.52. The maximum Gasteiger partial charge on any atom is 0.283 e. The van der Waals surface area contributed by atoms with E-state index in [1.165, 1.54) is 10.1 Å². The normalized spacial score (nSPS) is 23.3. The van der Waals surface area contributed by atoms with Crippen molar-refractivity contribution < 1.29 is 19.4 Å². The quantitative estimate of drug-likeness (QED) is 0.794. The van der Waals surface area contributed by atoms with Gasteiger partial charge in [-0.1, -0.05) is 18.2 Å². The molecule has 0 fully saturated rings. The summed E-state index contributed by atoms with van der Waals surface area (Å²) in [6.07, 6.45) is 2.65. The minimum atomic E-state index is -0.588. The summed E-state index contributed by atoms with van der Waals surface area (Å²) >= 11 is 1.68. The molecule has 2 heterocycles. The lowest BCUT2D eigenvalue weighted by Crippen LogP contribution is -2.37. The highest BCUT2D eigenvalue weighted by Crippen LogP contribution is 2.43. The first kappa shape index (κ1) is 17.9. The Morgan fingerprint density at radius 2 is 2.20 bits per heavy atom. The number of aliphatic hydroxyl groups excluding tert-OH is 1. The van der Waals surface area contributed by atoms with Crippen LogP contribution in [0.25, 0.3) is 10.1 Å². The molecule has 0 aliphatic carbocycles. The maximum atomic E-state index is 11.7. The molecule has 1 aliphatic rings. The molecule has 1 amide bonds. The lowest BCUT2D eigenvalue weighted by Gasteiger charge is -2.36. The molecule has 6 heteroatoms. The minimum Gasteiger partial charge on any atom is -0.459 e. The molecule has 3 atom stereocenters. The van der Waals surface area contributed by atoms with Crippen molar-refractivity contribution in [3.63, 3.8) is 0 Å². The Morgan fingerprint density at radius 3 is 2.92 bits per heavy atom. The number of ether oxygens (including phenoxy) is 2. The van der Waals surface area contributed by atoms with Gasteiger partial charge < -0.3 is 20.3 Å². The van der Waals surface area contributed by atoms with E-state index in [1.807, 2.05) is 25.1 Å². The lowest BCUT2D eigenvalue weighted by atomic mass is 9.80. The molecule has 3 N–H and O–H groups in total. The molecule has 3 rings (SSSR count). The van der Waals surface area contributed by atoms with Crippen LogP contribution in [-0.4, -0.2) is 30.5 Å². The second-order valence-corrected chi connectivity index (χ2v) is 6.99. The third-order valence-corrected chi connectivity index (χ3v) is 5.51. The Hall–Kier alpha value is -1.89. The number of allylic oxidation sites excluding steroid dienone is 1. The number of carbonyl (C=O) groups excluding carboxylic acids is 1. The molecule has 0 radical (unpaired) electrons. The zero-order valence-corrected chi connectivity index (χ0v) is 15.0. The second kappa shape index (κ2) is 7.99. The molecule has 5 nitrogen and oxygen atoms in total. The molecule has 0 saturated heterocycles. The van der Waals surface area contributed by atoms with Gasteiger partial charge in [0.25, 0.3) is 5.91 Å².